The lowest BCUT2D eigenvalue weighted by Gasteiger charge is -2.33. The van der Waals surface area contributed by atoms with Crippen LogP contribution in [0.25, 0.3) is 0 Å². The summed E-state index contributed by atoms with van der Waals surface area (Å²) in [4.78, 5) is 27.2. The minimum Gasteiger partial charge on any atom is -0.495 e. The Labute approximate surface area is 225 Å². The second-order valence-electron chi connectivity index (χ2n) is 8.58. The van der Waals surface area contributed by atoms with Crippen LogP contribution in [0.5, 0.6) is 5.75 Å². The van der Waals surface area contributed by atoms with E-state index in [0.717, 1.165) is 23.1 Å². The van der Waals surface area contributed by atoms with Crippen LogP contribution in [-0.4, -0.2) is 48.2 Å². The first kappa shape index (κ1) is 27.7. The molecule has 0 aliphatic carbocycles. The van der Waals surface area contributed by atoms with Crippen LogP contribution in [0.2, 0.25) is 10.0 Å². The van der Waals surface area contributed by atoms with E-state index in [1.165, 1.54) is 43.5 Å². The predicted octanol–water partition coefficient (Wildman–Crippen LogP) is 5.26. The number of aliphatic hydroxyl groups excluding tert-OH is 1. The molecule has 0 unspecified atom stereocenters. The van der Waals surface area contributed by atoms with Gasteiger partial charge in [-0.1, -0.05) is 23.2 Å². The third-order valence-corrected chi connectivity index (χ3v) is 6.84. The maximum Gasteiger partial charge on any atom is 0.284 e. The molecule has 1 aliphatic rings. The Morgan fingerprint density at radius 3 is 2.50 bits per heavy atom. The van der Waals surface area contributed by atoms with Gasteiger partial charge in [0.2, 0.25) is 0 Å². The van der Waals surface area contributed by atoms with E-state index in [2.05, 4.69) is 5.32 Å². The summed E-state index contributed by atoms with van der Waals surface area (Å²) in [6.45, 7) is -1.78. The quantitative estimate of drug-likeness (QED) is 0.390. The second-order valence-corrected chi connectivity index (χ2v) is 9.43. The van der Waals surface area contributed by atoms with E-state index in [-0.39, 0.29) is 38.3 Å². The number of hydrogen-bond donors (Lipinski definition) is 3. The van der Waals surface area contributed by atoms with Crippen molar-refractivity contribution < 1.29 is 37.7 Å². The molecule has 200 valence electrons. The molecule has 38 heavy (non-hydrogen) atoms. The predicted molar refractivity (Wildman–Crippen MR) is 136 cm³/mol. The van der Waals surface area contributed by atoms with E-state index in [0.29, 0.717) is 0 Å². The molecule has 7 nitrogen and oxygen atoms in total. The Hall–Kier alpha value is -3.31. The zero-order valence-electron chi connectivity index (χ0n) is 19.8. The van der Waals surface area contributed by atoms with Crippen LogP contribution < -0.4 is 15.0 Å². The molecule has 2 amide bonds. The van der Waals surface area contributed by atoms with E-state index in [1.54, 1.807) is 0 Å². The fraction of sp³-hybridized carbons (Fsp3) is 0.231. The summed E-state index contributed by atoms with van der Waals surface area (Å²) in [5, 5.41) is 23.0. The second kappa shape index (κ2) is 10.5. The molecule has 12 heteroatoms. The van der Waals surface area contributed by atoms with E-state index in [1.807, 2.05) is 0 Å². The van der Waals surface area contributed by atoms with Gasteiger partial charge in [-0.05, 0) is 54.6 Å². The lowest BCUT2D eigenvalue weighted by molar-refractivity contribution is -0.205. The Morgan fingerprint density at radius 2 is 1.84 bits per heavy atom. The van der Waals surface area contributed by atoms with Crippen molar-refractivity contribution >= 4 is 46.4 Å². The van der Waals surface area contributed by atoms with Gasteiger partial charge in [0.1, 0.15) is 11.6 Å². The van der Waals surface area contributed by atoms with Crippen molar-refractivity contribution in [2.75, 3.05) is 30.5 Å². The fourth-order valence-corrected chi connectivity index (χ4v) is 4.63. The Balaban J connectivity index is 1.69. The number of carbonyl (C=O) groups excluding carboxylic acids is 2. The molecule has 0 saturated carbocycles. The Morgan fingerprint density at radius 1 is 1.11 bits per heavy atom. The van der Waals surface area contributed by atoms with Crippen molar-refractivity contribution in [3.63, 3.8) is 0 Å². The Bertz CT molecular complexity index is 1420. The van der Waals surface area contributed by atoms with Gasteiger partial charge in [0.15, 0.2) is 5.60 Å². The molecule has 4 rings (SSSR count). The van der Waals surface area contributed by atoms with Gasteiger partial charge in [-0.15, -0.1) is 0 Å². The monoisotopic (exact) mass is 568 g/mol. The summed E-state index contributed by atoms with van der Waals surface area (Å²) in [6.07, 6.45) is -0.939. The lowest BCUT2D eigenvalue weighted by Crippen LogP contribution is -2.48. The smallest absolute Gasteiger partial charge is 0.284 e. The molecule has 0 saturated heterocycles. The summed E-state index contributed by atoms with van der Waals surface area (Å²) >= 11 is 11.9. The molecule has 3 N–H and O–H groups in total. The number of nitrogens with one attached hydrogen (secondary N) is 1. The number of carbonyl (C=O) groups is 2. The van der Waals surface area contributed by atoms with E-state index in [4.69, 9.17) is 27.9 Å². The van der Waals surface area contributed by atoms with Crippen LogP contribution in [0.1, 0.15) is 32.7 Å². The standard InChI is InChI=1S/C26H21Cl2F3N2O5/c1-38-22-10-14(2-6-20(22)32-23(35)17-5-4-16(29)12-19(17)28)24(36)33-9-8-26(30,31)25(37,13-34)18-11-15(27)3-7-21(18)33/h2-7,10-12,34,37H,8-9,13H2,1H3,(H,32,35)/t25-/m0/s1. The van der Waals surface area contributed by atoms with Gasteiger partial charge < -0.3 is 25.2 Å². The molecule has 0 bridgehead atoms. The van der Waals surface area contributed by atoms with Gasteiger partial charge in [-0.3, -0.25) is 9.59 Å². The number of methoxy groups -OCH3 is 1. The summed E-state index contributed by atoms with van der Waals surface area (Å²) in [7, 11) is 1.30. The molecule has 0 spiro atoms. The van der Waals surface area contributed by atoms with E-state index >= 15 is 0 Å². The van der Waals surface area contributed by atoms with Crippen molar-refractivity contribution in [2.24, 2.45) is 0 Å². The van der Waals surface area contributed by atoms with Crippen molar-refractivity contribution in [2.45, 2.75) is 17.9 Å². The summed E-state index contributed by atoms with van der Waals surface area (Å²) in [5.74, 6) is -5.67. The number of hydrogen-bond acceptors (Lipinski definition) is 5. The van der Waals surface area contributed by atoms with Gasteiger partial charge >= 0.3 is 0 Å². The average Bonchev–Trinajstić information content (AvgIpc) is 2.96. The number of amides is 2. The molecule has 1 atom stereocenters. The maximum absolute atomic E-state index is 15.0. The highest BCUT2D eigenvalue weighted by molar-refractivity contribution is 6.34. The average molecular weight is 569 g/mol. The first-order valence-electron chi connectivity index (χ1n) is 11.2. The van der Waals surface area contributed by atoms with Crippen molar-refractivity contribution in [1.29, 1.82) is 0 Å². The van der Waals surface area contributed by atoms with Crippen LogP contribution in [0.15, 0.2) is 54.6 Å². The number of aliphatic hydroxyl groups is 2. The third-order valence-electron chi connectivity index (χ3n) is 6.30. The van der Waals surface area contributed by atoms with E-state index in [9.17, 15) is 33.0 Å². The molecular weight excluding hydrogens is 548 g/mol. The minimum atomic E-state index is -3.77. The van der Waals surface area contributed by atoms with Gasteiger partial charge in [-0.25, -0.2) is 13.2 Å². The summed E-state index contributed by atoms with van der Waals surface area (Å²) in [5.41, 5.74) is -3.20. The normalized spacial score (nSPS) is 18.4. The zero-order valence-corrected chi connectivity index (χ0v) is 21.3. The number of benzene rings is 3. The first-order valence-corrected chi connectivity index (χ1v) is 11.9. The van der Waals surface area contributed by atoms with Gasteiger partial charge in [0.05, 0.1) is 35.7 Å². The number of ether oxygens (including phenoxy) is 1. The van der Waals surface area contributed by atoms with Crippen molar-refractivity contribution in [3.8, 4) is 5.75 Å². The largest absolute Gasteiger partial charge is 0.495 e. The van der Waals surface area contributed by atoms with Gasteiger partial charge in [0.25, 0.3) is 17.7 Å². The van der Waals surface area contributed by atoms with Crippen LogP contribution in [0, 0.1) is 5.82 Å². The first-order chi connectivity index (χ1) is 17.9. The lowest BCUT2D eigenvalue weighted by atomic mass is 9.86. The minimum absolute atomic E-state index is 0.00686. The molecule has 0 aromatic heterocycles. The fourth-order valence-electron chi connectivity index (χ4n) is 4.21. The topological polar surface area (TPSA) is 99.1 Å². The maximum atomic E-state index is 15.0. The highest BCUT2D eigenvalue weighted by Crippen LogP contribution is 2.47. The zero-order chi connectivity index (χ0) is 27.8. The molecule has 3 aromatic carbocycles. The third kappa shape index (κ3) is 4.92. The van der Waals surface area contributed by atoms with Crippen LogP contribution >= 0.6 is 23.2 Å². The summed E-state index contributed by atoms with van der Waals surface area (Å²) < 4.78 is 48.6. The summed E-state index contributed by atoms with van der Waals surface area (Å²) in [6, 6.07) is 11.1. The SMILES string of the molecule is COc1cc(C(=O)N2CCC(F)(F)[C@](O)(CO)c3cc(Cl)ccc32)ccc1NC(=O)c1ccc(F)cc1Cl. The Kier molecular flexibility index (Phi) is 7.62. The van der Waals surface area contributed by atoms with Crippen molar-refractivity contribution in [1.82, 2.24) is 0 Å². The van der Waals surface area contributed by atoms with Gasteiger partial charge in [0, 0.05) is 29.1 Å². The number of alkyl halides is 2. The molecule has 1 aliphatic heterocycles. The molecule has 1 heterocycles. The highest BCUT2D eigenvalue weighted by atomic mass is 35.5. The highest BCUT2D eigenvalue weighted by Gasteiger charge is 2.56. The molecule has 3 aromatic rings. The molecule has 0 radical (unpaired) electrons. The van der Waals surface area contributed by atoms with Gasteiger partial charge in [-0.2, -0.15) is 0 Å². The number of halogens is 5. The van der Waals surface area contributed by atoms with Crippen LogP contribution in [0.4, 0.5) is 24.5 Å². The molecule has 0 fully saturated rings. The van der Waals surface area contributed by atoms with Crippen LogP contribution in [-0.2, 0) is 5.60 Å². The number of nitrogens with zero attached hydrogens (tertiary/aromatic N) is 1. The molecular formula is C26H21Cl2F3N2O5. The number of anilines is 2. The van der Waals surface area contributed by atoms with Crippen LogP contribution in [0.3, 0.4) is 0 Å². The number of rotatable bonds is 5. The number of fused-ring (bicyclic) bond motifs is 1. The van der Waals surface area contributed by atoms with Crippen molar-refractivity contribution in [3.05, 3.63) is 87.2 Å². The van der Waals surface area contributed by atoms with E-state index < -0.39 is 54.3 Å².